The molecule has 0 saturated carbocycles. The van der Waals surface area contributed by atoms with Gasteiger partial charge in [-0.1, -0.05) is 78.9 Å². The zero-order valence-electron chi connectivity index (χ0n) is 14.8. The minimum atomic E-state index is -0.442. The van der Waals surface area contributed by atoms with E-state index in [-0.39, 0.29) is 11.9 Å². The van der Waals surface area contributed by atoms with Crippen molar-refractivity contribution in [3.05, 3.63) is 102 Å². The maximum Gasteiger partial charge on any atom is 0.248 e. The maximum atomic E-state index is 13.1. The van der Waals surface area contributed by atoms with E-state index in [9.17, 15) is 4.79 Å². The summed E-state index contributed by atoms with van der Waals surface area (Å²) in [4.78, 5) is 15.2. The summed E-state index contributed by atoms with van der Waals surface area (Å²) in [5, 5.41) is 0. The summed E-state index contributed by atoms with van der Waals surface area (Å²) in [5.41, 5.74) is 4.41. The van der Waals surface area contributed by atoms with E-state index >= 15 is 0 Å². The van der Waals surface area contributed by atoms with Crippen molar-refractivity contribution < 1.29 is 4.79 Å². The van der Waals surface area contributed by atoms with Crippen LogP contribution in [0.25, 0.3) is 5.57 Å². The largest absolute Gasteiger partial charge is 0.315 e. The van der Waals surface area contributed by atoms with Crippen LogP contribution in [0, 0.1) is 5.92 Å². The predicted molar refractivity (Wildman–Crippen MR) is 104 cm³/mol. The molecule has 128 valence electrons. The van der Waals surface area contributed by atoms with Crippen LogP contribution in [0.5, 0.6) is 0 Å². The van der Waals surface area contributed by atoms with E-state index in [4.69, 9.17) is 0 Å². The molecule has 0 saturated heterocycles. The molecule has 1 amide bonds. The average Bonchev–Trinajstić information content (AvgIpc) is 3.00. The van der Waals surface area contributed by atoms with Crippen molar-refractivity contribution in [3.63, 3.8) is 0 Å². The van der Waals surface area contributed by atoms with E-state index in [0.717, 1.165) is 6.42 Å². The van der Waals surface area contributed by atoms with E-state index in [2.05, 4.69) is 66.4 Å². The zero-order valence-corrected chi connectivity index (χ0v) is 14.8. The number of carbonyl (C=O) groups is 1. The first-order valence-corrected chi connectivity index (χ1v) is 9.26. The minimum absolute atomic E-state index is 0.00358. The normalized spacial score (nSPS) is 27.2. The molecule has 4 aliphatic rings. The molecular formula is C24H21NO. The number of benzene rings is 2. The molecule has 2 bridgehead atoms. The zero-order chi connectivity index (χ0) is 17.7. The highest BCUT2D eigenvalue weighted by molar-refractivity contribution is 6.00. The molecule has 6 rings (SSSR count). The van der Waals surface area contributed by atoms with E-state index in [1.165, 1.54) is 22.3 Å². The van der Waals surface area contributed by atoms with E-state index < -0.39 is 5.54 Å². The first kappa shape index (κ1) is 15.4. The van der Waals surface area contributed by atoms with Gasteiger partial charge < -0.3 is 4.90 Å². The summed E-state index contributed by atoms with van der Waals surface area (Å²) in [7, 11) is 0. The lowest BCUT2D eigenvalue weighted by molar-refractivity contribution is -0.129. The van der Waals surface area contributed by atoms with Crippen LogP contribution in [0.4, 0.5) is 0 Å². The Morgan fingerprint density at radius 3 is 2.46 bits per heavy atom. The molecule has 0 aromatic heterocycles. The van der Waals surface area contributed by atoms with Crippen LogP contribution in [0.15, 0.2) is 90.5 Å². The first-order chi connectivity index (χ1) is 12.7. The van der Waals surface area contributed by atoms with Crippen molar-refractivity contribution in [2.24, 2.45) is 5.92 Å². The highest BCUT2D eigenvalue weighted by Crippen LogP contribution is 2.55. The topological polar surface area (TPSA) is 20.3 Å². The molecule has 0 fully saturated rings. The molecule has 3 aliphatic carbocycles. The molecule has 2 heteroatoms. The number of amides is 1. The van der Waals surface area contributed by atoms with Crippen LogP contribution in [0.2, 0.25) is 0 Å². The number of carbonyl (C=O) groups excluding carboxylic acids is 1. The lowest BCUT2D eigenvalue weighted by Gasteiger charge is -2.49. The van der Waals surface area contributed by atoms with Crippen LogP contribution in [-0.2, 0) is 4.79 Å². The SMILES string of the molecule is C[C@@H](c1ccccc1)N1C(=O)C=C2C[C@H]3C=C[C@]21C(c1ccccc1)=C3. The second kappa shape index (κ2) is 5.57. The van der Waals surface area contributed by atoms with Gasteiger partial charge in [-0.3, -0.25) is 4.79 Å². The molecule has 1 aliphatic heterocycles. The second-order valence-electron chi connectivity index (χ2n) is 7.40. The highest BCUT2D eigenvalue weighted by atomic mass is 16.2. The van der Waals surface area contributed by atoms with Gasteiger partial charge in [0.1, 0.15) is 5.54 Å². The van der Waals surface area contributed by atoms with Crippen molar-refractivity contribution in [1.29, 1.82) is 0 Å². The molecule has 3 atom stereocenters. The van der Waals surface area contributed by atoms with Crippen LogP contribution in [0.3, 0.4) is 0 Å². The van der Waals surface area contributed by atoms with Crippen LogP contribution in [0.1, 0.15) is 30.5 Å². The average molecular weight is 339 g/mol. The first-order valence-electron chi connectivity index (χ1n) is 9.26. The smallest absolute Gasteiger partial charge is 0.248 e. The third-order valence-electron chi connectivity index (χ3n) is 5.99. The summed E-state index contributed by atoms with van der Waals surface area (Å²) in [5.74, 6) is 0.503. The number of allylic oxidation sites excluding steroid dienone is 2. The fraction of sp³-hybridized carbons (Fsp3) is 0.208. The summed E-state index contributed by atoms with van der Waals surface area (Å²) >= 11 is 0. The van der Waals surface area contributed by atoms with Crippen molar-refractivity contribution in [3.8, 4) is 0 Å². The molecule has 0 unspecified atom stereocenters. The monoisotopic (exact) mass is 339 g/mol. The number of hydrogen-bond acceptors (Lipinski definition) is 1. The third kappa shape index (κ3) is 2.02. The minimum Gasteiger partial charge on any atom is -0.315 e. The standard InChI is InChI=1S/C24H21NO/c1-17(19-8-4-2-5-9-19)25-23(26)16-21-14-18-12-13-24(21,25)22(15-18)20-10-6-3-7-11-20/h2-13,15-18H,14H2,1H3/t17-,18+,24+/m0/s1. The lowest BCUT2D eigenvalue weighted by Crippen LogP contribution is -2.52. The molecule has 2 nitrogen and oxygen atoms in total. The van der Waals surface area contributed by atoms with Gasteiger partial charge in [0, 0.05) is 6.08 Å². The van der Waals surface area contributed by atoms with Gasteiger partial charge in [-0.25, -0.2) is 0 Å². The fourth-order valence-corrected chi connectivity index (χ4v) is 4.80. The van der Waals surface area contributed by atoms with Crippen LogP contribution in [-0.4, -0.2) is 16.3 Å². The summed E-state index contributed by atoms with van der Waals surface area (Å²) in [6.07, 6.45) is 9.71. The Morgan fingerprint density at radius 2 is 1.73 bits per heavy atom. The second-order valence-corrected chi connectivity index (χ2v) is 7.40. The summed E-state index contributed by atoms with van der Waals surface area (Å²) in [6.45, 7) is 2.13. The van der Waals surface area contributed by atoms with Gasteiger partial charge >= 0.3 is 0 Å². The van der Waals surface area contributed by atoms with Gasteiger partial charge in [-0.05, 0) is 41.5 Å². The molecule has 26 heavy (non-hydrogen) atoms. The Hall–Kier alpha value is -2.87. The number of rotatable bonds is 3. The number of nitrogens with zero attached hydrogens (tertiary/aromatic N) is 1. The third-order valence-corrected chi connectivity index (χ3v) is 5.99. The summed E-state index contributed by atoms with van der Waals surface area (Å²) in [6, 6.07) is 20.8. The molecule has 2 aromatic rings. The Morgan fingerprint density at radius 1 is 1.04 bits per heavy atom. The molecule has 0 radical (unpaired) electrons. The molecule has 0 N–H and O–H groups in total. The lowest BCUT2D eigenvalue weighted by atomic mass is 9.66. The Labute approximate surface area is 154 Å². The van der Waals surface area contributed by atoms with E-state index in [0.29, 0.717) is 5.92 Å². The molecule has 1 heterocycles. The van der Waals surface area contributed by atoms with Gasteiger partial charge in [0.2, 0.25) is 5.91 Å². The quantitative estimate of drug-likeness (QED) is 0.726. The van der Waals surface area contributed by atoms with Gasteiger partial charge in [-0.15, -0.1) is 0 Å². The van der Waals surface area contributed by atoms with Gasteiger partial charge in [0.05, 0.1) is 6.04 Å². The number of hydrogen-bond donors (Lipinski definition) is 0. The van der Waals surface area contributed by atoms with E-state index in [1.807, 2.05) is 30.3 Å². The molecular weight excluding hydrogens is 318 g/mol. The molecule has 1 spiro atoms. The van der Waals surface area contributed by atoms with Crippen molar-refractivity contribution in [1.82, 2.24) is 4.90 Å². The van der Waals surface area contributed by atoms with Crippen molar-refractivity contribution in [2.45, 2.75) is 24.9 Å². The fourth-order valence-electron chi connectivity index (χ4n) is 4.80. The van der Waals surface area contributed by atoms with Crippen molar-refractivity contribution >= 4 is 11.5 Å². The summed E-state index contributed by atoms with van der Waals surface area (Å²) < 4.78 is 0. The Balaban J connectivity index is 1.68. The maximum absolute atomic E-state index is 13.1. The van der Waals surface area contributed by atoms with Crippen LogP contribution < -0.4 is 0 Å². The van der Waals surface area contributed by atoms with Crippen LogP contribution >= 0.6 is 0 Å². The van der Waals surface area contributed by atoms with Gasteiger partial charge in [-0.2, -0.15) is 0 Å². The Bertz CT molecular complexity index is 954. The predicted octanol–water partition coefficient (Wildman–Crippen LogP) is 4.93. The van der Waals surface area contributed by atoms with Gasteiger partial charge in [0.25, 0.3) is 0 Å². The molecule has 2 aromatic carbocycles. The highest BCUT2D eigenvalue weighted by Gasteiger charge is 2.54. The van der Waals surface area contributed by atoms with E-state index in [1.54, 1.807) is 0 Å². The van der Waals surface area contributed by atoms with Crippen molar-refractivity contribution in [2.75, 3.05) is 0 Å². The van der Waals surface area contributed by atoms with Gasteiger partial charge in [0.15, 0.2) is 0 Å². The Kier molecular flexibility index (Phi) is 3.30.